The predicted octanol–water partition coefficient (Wildman–Crippen LogP) is 7.55. The molecule has 0 unspecified atom stereocenters. The van der Waals surface area contributed by atoms with Crippen molar-refractivity contribution >= 4 is 18.2 Å². The molecule has 0 heterocycles. The molecule has 49 heavy (non-hydrogen) atoms. The quantitative estimate of drug-likeness (QED) is 0.0733. The summed E-state index contributed by atoms with van der Waals surface area (Å²) in [6.45, 7) is 17.7. The Morgan fingerprint density at radius 1 is 0.653 bits per heavy atom. The molecular formula is C39H50O10. The first-order valence-electron chi connectivity index (χ1n) is 16.2. The minimum atomic E-state index is -0.672. The van der Waals surface area contributed by atoms with E-state index in [2.05, 4.69) is 0 Å². The minimum absolute atomic E-state index is 0.269. The molecule has 0 saturated carbocycles. The summed E-state index contributed by atoms with van der Waals surface area (Å²) in [6.07, 6.45) is 1.51. The molecule has 0 spiro atoms. The highest BCUT2D eigenvalue weighted by Crippen LogP contribution is 2.34. The number of methoxy groups -OCH3 is 1. The maximum absolute atomic E-state index is 12.7. The van der Waals surface area contributed by atoms with E-state index in [0.29, 0.717) is 36.4 Å². The van der Waals surface area contributed by atoms with Gasteiger partial charge in [-0.1, -0.05) is 29.8 Å². The summed E-state index contributed by atoms with van der Waals surface area (Å²) in [5.74, 6) is 0.709. The first kappa shape index (κ1) is 38.9. The van der Waals surface area contributed by atoms with Crippen LogP contribution < -0.4 is 19.1 Å². The van der Waals surface area contributed by atoms with Gasteiger partial charge in [0.25, 0.3) is 0 Å². The third kappa shape index (κ3) is 13.1. The van der Waals surface area contributed by atoms with Crippen molar-refractivity contribution < 1.29 is 47.8 Å². The van der Waals surface area contributed by atoms with Gasteiger partial charge in [-0.05, 0) is 116 Å². The van der Waals surface area contributed by atoms with Gasteiger partial charge in [-0.2, -0.15) is 4.89 Å². The molecule has 10 nitrogen and oxygen atoms in total. The molecule has 0 fully saturated rings. The summed E-state index contributed by atoms with van der Waals surface area (Å²) >= 11 is 0. The number of aldehydes is 1. The molecule has 0 radical (unpaired) electrons. The van der Waals surface area contributed by atoms with E-state index in [1.807, 2.05) is 58.0 Å². The van der Waals surface area contributed by atoms with Gasteiger partial charge in [-0.15, -0.1) is 0 Å². The number of rotatable bonds is 14. The van der Waals surface area contributed by atoms with Gasteiger partial charge in [0.15, 0.2) is 25.2 Å². The summed E-state index contributed by atoms with van der Waals surface area (Å²) in [7, 11) is 1.56. The number of ether oxygens (including phenoxy) is 5. The van der Waals surface area contributed by atoms with Gasteiger partial charge < -0.3 is 28.6 Å². The molecule has 266 valence electrons. The molecule has 3 aromatic carbocycles. The van der Waals surface area contributed by atoms with Crippen molar-refractivity contribution in [2.75, 3.05) is 20.3 Å². The zero-order valence-corrected chi connectivity index (χ0v) is 30.6. The summed E-state index contributed by atoms with van der Waals surface area (Å²) in [6, 6.07) is 14.7. The Morgan fingerprint density at radius 3 is 1.65 bits per heavy atom. The van der Waals surface area contributed by atoms with E-state index >= 15 is 0 Å². The lowest BCUT2D eigenvalue weighted by Crippen LogP contribution is -2.27. The van der Waals surface area contributed by atoms with Crippen molar-refractivity contribution in [3.05, 3.63) is 81.9 Å². The van der Waals surface area contributed by atoms with Gasteiger partial charge in [-0.3, -0.25) is 4.79 Å². The third-order valence-electron chi connectivity index (χ3n) is 6.51. The Hall–Kier alpha value is -4.57. The molecule has 0 saturated heterocycles. The number of carbonyl (C=O) groups excluding carboxylic acids is 3. The highest BCUT2D eigenvalue weighted by atomic mass is 17.2. The van der Waals surface area contributed by atoms with Crippen LogP contribution in [0.3, 0.4) is 0 Å². The fourth-order valence-electron chi connectivity index (χ4n) is 4.82. The van der Waals surface area contributed by atoms with Gasteiger partial charge >= 0.3 is 11.9 Å². The zero-order valence-electron chi connectivity index (χ0n) is 30.6. The maximum atomic E-state index is 12.7. The van der Waals surface area contributed by atoms with E-state index in [1.165, 1.54) is 0 Å². The number of carbonyl (C=O) groups is 3. The van der Waals surface area contributed by atoms with Crippen LogP contribution in [-0.4, -0.2) is 55.4 Å². The van der Waals surface area contributed by atoms with Crippen LogP contribution in [0.2, 0.25) is 0 Å². The Bertz CT molecular complexity index is 1620. The van der Waals surface area contributed by atoms with Gasteiger partial charge in [0.1, 0.15) is 28.3 Å². The molecule has 10 heteroatoms. The monoisotopic (exact) mass is 678 g/mol. The molecule has 0 atom stereocenters. The van der Waals surface area contributed by atoms with Gasteiger partial charge in [0.2, 0.25) is 5.75 Å². The zero-order chi connectivity index (χ0) is 36.6. The molecule has 0 amide bonds. The van der Waals surface area contributed by atoms with Crippen molar-refractivity contribution in [3.63, 3.8) is 0 Å². The molecule has 0 aliphatic heterocycles. The van der Waals surface area contributed by atoms with Crippen LogP contribution in [-0.2, 0) is 36.8 Å². The van der Waals surface area contributed by atoms with Crippen LogP contribution in [0.1, 0.15) is 100 Å². The Labute approximate surface area is 289 Å². The largest absolute Gasteiger partial charge is 0.493 e. The average Bonchev–Trinajstić information content (AvgIpc) is 2.97. The first-order chi connectivity index (χ1) is 22.7. The Balaban J connectivity index is 1.96. The van der Waals surface area contributed by atoms with E-state index in [4.69, 9.17) is 33.5 Å². The standard InChI is InChI=1S/C39H50O10/c1-25-16-28(18-26-12-14-31(30(20-26)22-40)44-23-34(41)46-37(2,3)4)36(45-24-35(42)47-38(5,6)7)29(17-25)19-27-13-15-32(33(21-27)43-11)48-49-39(8,9)10/h12-17,20-22H,18-19,23-24H2,1-11H3. The molecule has 0 N–H and O–H groups in total. The molecular weight excluding hydrogens is 628 g/mol. The van der Waals surface area contributed by atoms with Crippen LogP contribution in [0, 0.1) is 6.92 Å². The molecule has 0 aliphatic carbocycles. The second kappa shape index (κ2) is 16.2. The topological polar surface area (TPSA) is 116 Å². The molecule has 3 rings (SSSR count). The lowest BCUT2D eigenvalue weighted by molar-refractivity contribution is -0.275. The van der Waals surface area contributed by atoms with E-state index in [-0.39, 0.29) is 24.5 Å². The van der Waals surface area contributed by atoms with Crippen LogP contribution in [0.15, 0.2) is 48.5 Å². The fraction of sp³-hybridized carbons (Fsp3) is 0.462. The number of benzene rings is 3. The van der Waals surface area contributed by atoms with E-state index in [9.17, 15) is 14.4 Å². The first-order valence-corrected chi connectivity index (χ1v) is 16.2. The second-order valence-electron chi connectivity index (χ2n) is 14.8. The minimum Gasteiger partial charge on any atom is -0.493 e. The summed E-state index contributed by atoms with van der Waals surface area (Å²) in [4.78, 5) is 48.0. The lowest BCUT2D eigenvalue weighted by atomic mass is 9.94. The molecule has 0 aliphatic rings. The highest BCUT2D eigenvalue weighted by Gasteiger charge is 2.21. The molecule has 0 bridgehead atoms. The predicted molar refractivity (Wildman–Crippen MR) is 186 cm³/mol. The van der Waals surface area contributed by atoms with Crippen molar-refractivity contribution in [2.24, 2.45) is 0 Å². The SMILES string of the molecule is COc1cc(Cc2cc(C)cc(Cc3ccc(OCC(=O)OC(C)(C)C)c(C=O)c3)c2OCC(=O)OC(C)(C)C)ccc1OOC(C)(C)C. The van der Waals surface area contributed by atoms with Crippen LogP contribution in [0.25, 0.3) is 0 Å². The van der Waals surface area contributed by atoms with Crippen LogP contribution in [0.4, 0.5) is 0 Å². The average molecular weight is 679 g/mol. The van der Waals surface area contributed by atoms with E-state index < -0.39 is 28.7 Å². The van der Waals surface area contributed by atoms with Crippen molar-refractivity contribution in [3.8, 4) is 23.0 Å². The highest BCUT2D eigenvalue weighted by molar-refractivity contribution is 5.80. The summed E-state index contributed by atoms with van der Waals surface area (Å²) < 4.78 is 28.2. The van der Waals surface area contributed by atoms with Gasteiger partial charge in [-0.25, -0.2) is 9.59 Å². The molecule has 0 aromatic heterocycles. The van der Waals surface area contributed by atoms with Gasteiger partial charge in [0.05, 0.1) is 12.7 Å². The number of hydrogen-bond acceptors (Lipinski definition) is 10. The molecule has 3 aromatic rings. The van der Waals surface area contributed by atoms with Crippen molar-refractivity contribution in [2.45, 2.75) is 98.9 Å². The number of esters is 2. The van der Waals surface area contributed by atoms with E-state index in [1.54, 1.807) is 66.9 Å². The number of aryl methyl sites for hydroxylation is 1. The summed E-state index contributed by atoms with van der Waals surface area (Å²) in [5, 5.41) is 0. The lowest BCUT2D eigenvalue weighted by Gasteiger charge is -2.22. The Kier molecular flexibility index (Phi) is 12.9. The van der Waals surface area contributed by atoms with Crippen LogP contribution >= 0.6 is 0 Å². The Morgan fingerprint density at radius 2 is 1.16 bits per heavy atom. The van der Waals surface area contributed by atoms with E-state index in [0.717, 1.165) is 27.8 Å². The maximum Gasteiger partial charge on any atom is 0.344 e. The van der Waals surface area contributed by atoms with Crippen LogP contribution in [0.5, 0.6) is 23.0 Å². The fourth-order valence-corrected chi connectivity index (χ4v) is 4.82. The summed E-state index contributed by atoms with van der Waals surface area (Å²) in [5.41, 5.74) is 2.79. The van der Waals surface area contributed by atoms with Crippen molar-refractivity contribution in [1.29, 1.82) is 0 Å². The second-order valence-corrected chi connectivity index (χ2v) is 14.8. The van der Waals surface area contributed by atoms with Crippen molar-refractivity contribution in [1.82, 2.24) is 0 Å². The smallest absolute Gasteiger partial charge is 0.344 e. The normalized spacial score (nSPS) is 11.8. The van der Waals surface area contributed by atoms with Gasteiger partial charge in [0, 0.05) is 12.8 Å². The third-order valence-corrected chi connectivity index (χ3v) is 6.51. The number of hydrogen-bond donors (Lipinski definition) is 0.